The molecule has 25 heavy (non-hydrogen) atoms. The molecule has 0 saturated heterocycles. The van der Waals surface area contributed by atoms with E-state index < -0.39 is 0 Å². The number of benzene rings is 2. The normalized spacial score (nSPS) is 10.3. The van der Waals surface area contributed by atoms with Crippen molar-refractivity contribution in [1.29, 1.82) is 0 Å². The Bertz CT molecular complexity index is 738. The number of ether oxygens (including phenoxy) is 1. The summed E-state index contributed by atoms with van der Waals surface area (Å²) in [5.41, 5.74) is 2.51. The van der Waals surface area contributed by atoms with Gasteiger partial charge in [-0.1, -0.05) is 23.8 Å². The smallest absolute Gasteiger partial charge is 0.220 e. The summed E-state index contributed by atoms with van der Waals surface area (Å²) in [6.45, 7) is 2.40. The number of carbonyl (C=O) groups excluding carboxylic acids is 2. The fraction of sp³-hybridized carbons (Fsp3) is 0.300. The number of Topliss-reactive ketones (excluding diaryl/α,β-unsaturated/α-hetero) is 1. The van der Waals surface area contributed by atoms with Gasteiger partial charge in [0.1, 0.15) is 11.5 Å². The molecule has 2 aromatic rings. The molecule has 0 atom stereocenters. The highest BCUT2D eigenvalue weighted by molar-refractivity contribution is 6.00. The maximum absolute atomic E-state index is 12.3. The van der Waals surface area contributed by atoms with Crippen molar-refractivity contribution in [3.63, 3.8) is 0 Å². The zero-order chi connectivity index (χ0) is 18.2. The number of aromatic hydroxyl groups is 1. The molecule has 0 fully saturated rings. The van der Waals surface area contributed by atoms with Gasteiger partial charge in [-0.15, -0.1) is 0 Å². The van der Waals surface area contributed by atoms with Gasteiger partial charge in [0.05, 0.1) is 12.7 Å². The van der Waals surface area contributed by atoms with Crippen LogP contribution in [0.4, 0.5) is 0 Å². The quantitative estimate of drug-likeness (QED) is 0.724. The summed E-state index contributed by atoms with van der Waals surface area (Å²) in [5.74, 6) is 0.495. The topological polar surface area (TPSA) is 75.6 Å². The maximum Gasteiger partial charge on any atom is 0.220 e. The lowest BCUT2D eigenvalue weighted by molar-refractivity contribution is -0.121. The van der Waals surface area contributed by atoms with Gasteiger partial charge in [0, 0.05) is 19.4 Å². The molecule has 0 unspecified atom stereocenters. The Kier molecular flexibility index (Phi) is 6.57. The zero-order valence-corrected chi connectivity index (χ0v) is 14.5. The molecule has 5 nitrogen and oxygen atoms in total. The molecule has 0 radical (unpaired) electrons. The van der Waals surface area contributed by atoms with E-state index in [0.717, 1.165) is 11.1 Å². The first-order valence-electron chi connectivity index (χ1n) is 8.22. The lowest BCUT2D eigenvalue weighted by Crippen LogP contribution is -2.26. The first-order valence-corrected chi connectivity index (χ1v) is 8.22. The van der Waals surface area contributed by atoms with E-state index in [4.69, 9.17) is 4.74 Å². The average Bonchev–Trinajstić information content (AvgIpc) is 2.61. The van der Waals surface area contributed by atoms with Gasteiger partial charge in [-0.25, -0.2) is 0 Å². The lowest BCUT2D eigenvalue weighted by atomic mass is 10.0. The molecule has 0 aliphatic carbocycles. The van der Waals surface area contributed by atoms with Crippen molar-refractivity contribution in [2.45, 2.75) is 26.2 Å². The SMILES string of the molecule is COc1ccc(C)cc1C(=O)CCC(=O)NCCc1ccc(O)cc1. The van der Waals surface area contributed by atoms with Crippen molar-refractivity contribution in [2.75, 3.05) is 13.7 Å². The monoisotopic (exact) mass is 341 g/mol. The van der Waals surface area contributed by atoms with Gasteiger partial charge in [-0.2, -0.15) is 0 Å². The van der Waals surface area contributed by atoms with Crippen LogP contribution in [-0.4, -0.2) is 30.5 Å². The Morgan fingerprint density at radius 2 is 1.80 bits per heavy atom. The molecule has 0 saturated carbocycles. The number of phenols is 1. The summed E-state index contributed by atoms with van der Waals surface area (Å²) in [5, 5.41) is 12.0. The van der Waals surface area contributed by atoms with E-state index in [1.807, 2.05) is 25.1 Å². The van der Waals surface area contributed by atoms with Crippen molar-refractivity contribution < 1.29 is 19.4 Å². The Hall–Kier alpha value is -2.82. The van der Waals surface area contributed by atoms with Gasteiger partial charge in [0.25, 0.3) is 0 Å². The number of hydrogen-bond acceptors (Lipinski definition) is 4. The van der Waals surface area contributed by atoms with Crippen LogP contribution < -0.4 is 10.1 Å². The van der Waals surface area contributed by atoms with Gasteiger partial charge in [-0.05, 0) is 43.2 Å². The molecule has 0 aromatic heterocycles. The van der Waals surface area contributed by atoms with E-state index in [1.54, 1.807) is 24.3 Å². The summed E-state index contributed by atoms with van der Waals surface area (Å²) < 4.78 is 5.21. The molecule has 1 amide bonds. The number of rotatable bonds is 8. The molecule has 5 heteroatoms. The summed E-state index contributed by atoms with van der Waals surface area (Å²) in [6.07, 6.45) is 0.960. The second kappa shape index (κ2) is 8.87. The van der Waals surface area contributed by atoms with E-state index in [2.05, 4.69) is 5.32 Å². The van der Waals surface area contributed by atoms with Crippen molar-refractivity contribution in [3.05, 3.63) is 59.2 Å². The highest BCUT2D eigenvalue weighted by Crippen LogP contribution is 2.21. The molecule has 0 spiro atoms. The van der Waals surface area contributed by atoms with E-state index >= 15 is 0 Å². The first kappa shape index (κ1) is 18.5. The van der Waals surface area contributed by atoms with E-state index in [1.165, 1.54) is 7.11 Å². The maximum atomic E-state index is 12.3. The molecule has 2 rings (SSSR count). The Morgan fingerprint density at radius 1 is 1.08 bits per heavy atom. The van der Waals surface area contributed by atoms with Gasteiger partial charge in [-0.3, -0.25) is 9.59 Å². The highest BCUT2D eigenvalue weighted by atomic mass is 16.5. The number of hydrogen-bond donors (Lipinski definition) is 2. The molecule has 2 aromatic carbocycles. The molecule has 2 N–H and O–H groups in total. The number of ketones is 1. The van der Waals surface area contributed by atoms with Crippen LogP contribution >= 0.6 is 0 Å². The summed E-state index contributed by atoms with van der Waals surface area (Å²) in [4.78, 5) is 24.2. The van der Waals surface area contributed by atoms with Crippen molar-refractivity contribution >= 4 is 11.7 Å². The molecule has 132 valence electrons. The lowest BCUT2D eigenvalue weighted by Gasteiger charge is -2.09. The molecular weight excluding hydrogens is 318 g/mol. The van der Waals surface area contributed by atoms with Crippen molar-refractivity contribution in [2.24, 2.45) is 0 Å². The summed E-state index contributed by atoms with van der Waals surface area (Å²) in [6, 6.07) is 12.3. The third kappa shape index (κ3) is 5.64. The standard InChI is InChI=1S/C20H23NO4/c1-14-3-9-19(25-2)17(13-14)18(23)8-10-20(24)21-12-11-15-4-6-16(22)7-5-15/h3-7,9,13,22H,8,10-12H2,1-2H3,(H,21,24). The third-order valence-corrected chi connectivity index (χ3v) is 3.91. The minimum absolute atomic E-state index is 0.103. The van der Waals surface area contributed by atoms with Crippen LogP contribution in [0.1, 0.15) is 34.3 Å². The Labute approximate surface area is 147 Å². The average molecular weight is 341 g/mol. The predicted molar refractivity (Wildman–Crippen MR) is 96.1 cm³/mol. The number of amides is 1. The van der Waals surface area contributed by atoms with Gasteiger partial charge in [0.15, 0.2) is 5.78 Å². The number of phenolic OH excluding ortho intramolecular Hbond substituents is 1. The van der Waals surface area contributed by atoms with Crippen LogP contribution in [0.25, 0.3) is 0 Å². The predicted octanol–water partition coefficient (Wildman–Crippen LogP) is 3.03. The summed E-state index contributed by atoms with van der Waals surface area (Å²) in [7, 11) is 1.53. The van der Waals surface area contributed by atoms with Crippen LogP contribution in [0.15, 0.2) is 42.5 Å². The van der Waals surface area contributed by atoms with E-state index in [9.17, 15) is 14.7 Å². The van der Waals surface area contributed by atoms with Gasteiger partial charge >= 0.3 is 0 Å². The van der Waals surface area contributed by atoms with Crippen LogP contribution in [0.3, 0.4) is 0 Å². The number of aryl methyl sites for hydroxylation is 1. The summed E-state index contributed by atoms with van der Waals surface area (Å²) >= 11 is 0. The minimum Gasteiger partial charge on any atom is -0.508 e. The van der Waals surface area contributed by atoms with E-state index in [0.29, 0.717) is 24.3 Å². The largest absolute Gasteiger partial charge is 0.508 e. The molecule has 0 aliphatic heterocycles. The molecule has 0 heterocycles. The highest BCUT2D eigenvalue weighted by Gasteiger charge is 2.14. The van der Waals surface area contributed by atoms with Crippen LogP contribution in [0.2, 0.25) is 0 Å². The molecule has 0 bridgehead atoms. The number of carbonyl (C=O) groups is 2. The van der Waals surface area contributed by atoms with Crippen LogP contribution in [0, 0.1) is 6.92 Å². The second-order valence-electron chi connectivity index (χ2n) is 5.89. The van der Waals surface area contributed by atoms with Crippen LogP contribution in [-0.2, 0) is 11.2 Å². The first-order chi connectivity index (χ1) is 12.0. The fourth-order valence-corrected chi connectivity index (χ4v) is 2.50. The fourth-order valence-electron chi connectivity index (χ4n) is 2.50. The number of nitrogens with one attached hydrogen (secondary N) is 1. The Balaban J connectivity index is 1.78. The third-order valence-electron chi connectivity index (χ3n) is 3.91. The van der Waals surface area contributed by atoms with Gasteiger partial charge in [0.2, 0.25) is 5.91 Å². The van der Waals surface area contributed by atoms with Crippen molar-refractivity contribution in [1.82, 2.24) is 5.32 Å². The zero-order valence-electron chi connectivity index (χ0n) is 14.5. The van der Waals surface area contributed by atoms with Crippen LogP contribution in [0.5, 0.6) is 11.5 Å². The molecular formula is C20H23NO4. The van der Waals surface area contributed by atoms with Crippen molar-refractivity contribution in [3.8, 4) is 11.5 Å². The van der Waals surface area contributed by atoms with Gasteiger partial charge < -0.3 is 15.2 Å². The Morgan fingerprint density at radius 3 is 2.48 bits per heavy atom. The second-order valence-corrected chi connectivity index (χ2v) is 5.89. The minimum atomic E-state index is -0.154. The van der Waals surface area contributed by atoms with E-state index in [-0.39, 0.29) is 30.3 Å². The number of methoxy groups -OCH3 is 1. The molecule has 0 aliphatic rings.